The average molecular weight is 324 g/mol. The van der Waals surface area contributed by atoms with Crippen molar-refractivity contribution in [2.75, 3.05) is 38.2 Å². The number of ether oxygens (including phenoxy) is 1. The third-order valence-electron chi connectivity index (χ3n) is 4.60. The molecule has 1 fully saturated rings. The number of hydrogen-bond acceptors (Lipinski definition) is 3. The molecular weight excluding hydrogens is 300 g/mol. The molecule has 3 rings (SSSR count). The van der Waals surface area contributed by atoms with Crippen LogP contribution in [0.15, 0.2) is 48.5 Å². The Morgan fingerprint density at radius 2 is 1.67 bits per heavy atom. The van der Waals surface area contributed by atoms with Crippen LogP contribution in [0.25, 0.3) is 0 Å². The number of amides is 1. The van der Waals surface area contributed by atoms with E-state index in [-0.39, 0.29) is 5.91 Å². The number of para-hydroxylation sites is 2. The number of nitrogens with zero attached hydrogens (tertiary/aromatic N) is 2. The van der Waals surface area contributed by atoms with Crippen molar-refractivity contribution in [1.29, 1.82) is 0 Å². The summed E-state index contributed by atoms with van der Waals surface area (Å²) in [6.45, 7) is 5.21. The number of rotatable bonds is 4. The van der Waals surface area contributed by atoms with E-state index >= 15 is 0 Å². The molecule has 0 bridgehead atoms. The number of methoxy groups -OCH3 is 1. The van der Waals surface area contributed by atoms with Crippen LogP contribution in [-0.2, 0) is 6.42 Å². The third-order valence-corrected chi connectivity index (χ3v) is 4.60. The SMILES string of the molecule is CCc1ccc(C(=O)N2CCN(c3ccccc3OC)CC2)cc1. The Balaban J connectivity index is 1.65. The molecule has 0 aromatic heterocycles. The smallest absolute Gasteiger partial charge is 0.253 e. The minimum atomic E-state index is 0.123. The Morgan fingerprint density at radius 3 is 2.29 bits per heavy atom. The number of carbonyl (C=O) groups excluding carboxylic acids is 1. The fraction of sp³-hybridized carbons (Fsp3) is 0.350. The van der Waals surface area contributed by atoms with Crippen LogP contribution >= 0.6 is 0 Å². The summed E-state index contributed by atoms with van der Waals surface area (Å²) in [7, 11) is 1.69. The fourth-order valence-corrected chi connectivity index (χ4v) is 3.11. The van der Waals surface area contributed by atoms with E-state index in [0.29, 0.717) is 0 Å². The highest BCUT2D eigenvalue weighted by Gasteiger charge is 2.23. The van der Waals surface area contributed by atoms with Crippen molar-refractivity contribution in [3.05, 3.63) is 59.7 Å². The van der Waals surface area contributed by atoms with Gasteiger partial charge in [-0.15, -0.1) is 0 Å². The van der Waals surface area contributed by atoms with Gasteiger partial charge in [0.2, 0.25) is 0 Å². The Bertz CT molecular complexity index is 689. The molecule has 0 N–H and O–H groups in total. The number of piperazine rings is 1. The van der Waals surface area contributed by atoms with Gasteiger partial charge >= 0.3 is 0 Å². The first-order valence-electron chi connectivity index (χ1n) is 8.49. The second kappa shape index (κ2) is 7.39. The molecule has 2 aromatic rings. The van der Waals surface area contributed by atoms with Crippen molar-refractivity contribution in [2.24, 2.45) is 0 Å². The minimum Gasteiger partial charge on any atom is -0.495 e. The maximum atomic E-state index is 12.6. The van der Waals surface area contributed by atoms with E-state index in [1.807, 2.05) is 47.4 Å². The highest BCUT2D eigenvalue weighted by molar-refractivity contribution is 5.94. The normalized spacial score (nSPS) is 14.6. The zero-order valence-corrected chi connectivity index (χ0v) is 14.4. The molecule has 1 saturated heterocycles. The topological polar surface area (TPSA) is 32.8 Å². The molecule has 0 spiro atoms. The lowest BCUT2D eigenvalue weighted by Crippen LogP contribution is -2.48. The molecule has 4 nitrogen and oxygen atoms in total. The van der Waals surface area contributed by atoms with Crippen molar-refractivity contribution in [1.82, 2.24) is 4.90 Å². The van der Waals surface area contributed by atoms with E-state index in [2.05, 4.69) is 17.9 Å². The minimum absolute atomic E-state index is 0.123. The Hall–Kier alpha value is -2.49. The van der Waals surface area contributed by atoms with Crippen molar-refractivity contribution < 1.29 is 9.53 Å². The summed E-state index contributed by atoms with van der Waals surface area (Å²) in [5.41, 5.74) is 3.13. The van der Waals surface area contributed by atoms with Gasteiger partial charge in [0.05, 0.1) is 12.8 Å². The van der Waals surface area contributed by atoms with E-state index < -0.39 is 0 Å². The first-order chi connectivity index (χ1) is 11.7. The van der Waals surface area contributed by atoms with E-state index in [9.17, 15) is 4.79 Å². The Labute approximate surface area is 143 Å². The molecule has 24 heavy (non-hydrogen) atoms. The molecule has 1 aliphatic heterocycles. The second-order valence-electron chi connectivity index (χ2n) is 6.00. The molecule has 1 aliphatic rings. The summed E-state index contributed by atoms with van der Waals surface area (Å²) in [6, 6.07) is 16.0. The van der Waals surface area contributed by atoms with Gasteiger partial charge in [0.1, 0.15) is 5.75 Å². The van der Waals surface area contributed by atoms with Crippen LogP contribution in [0.1, 0.15) is 22.8 Å². The average Bonchev–Trinajstić information content (AvgIpc) is 2.67. The fourth-order valence-electron chi connectivity index (χ4n) is 3.11. The number of anilines is 1. The highest BCUT2D eigenvalue weighted by Crippen LogP contribution is 2.28. The molecule has 0 aliphatic carbocycles. The number of hydrogen-bond donors (Lipinski definition) is 0. The van der Waals surface area contributed by atoms with Gasteiger partial charge in [0, 0.05) is 31.7 Å². The van der Waals surface area contributed by atoms with Crippen molar-refractivity contribution >= 4 is 11.6 Å². The van der Waals surface area contributed by atoms with Crippen LogP contribution < -0.4 is 9.64 Å². The van der Waals surface area contributed by atoms with E-state index in [1.54, 1.807) is 7.11 Å². The predicted octanol–water partition coefficient (Wildman–Crippen LogP) is 3.22. The van der Waals surface area contributed by atoms with Gasteiger partial charge < -0.3 is 14.5 Å². The molecule has 0 saturated carbocycles. The molecule has 1 heterocycles. The molecule has 126 valence electrons. The lowest BCUT2D eigenvalue weighted by Gasteiger charge is -2.36. The highest BCUT2D eigenvalue weighted by atomic mass is 16.5. The summed E-state index contributed by atoms with van der Waals surface area (Å²) in [5.74, 6) is 1.00. The molecule has 0 unspecified atom stereocenters. The van der Waals surface area contributed by atoms with Gasteiger partial charge in [-0.3, -0.25) is 4.79 Å². The van der Waals surface area contributed by atoms with Gasteiger partial charge in [-0.25, -0.2) is 0 Å². The van der Waals surface area contributed by atoms with E-state index in [1.165, 1.54) is 5.56 Å². The van der Waals surface area contributed by atoms with Crippen LogP contribution in [0.5, 0.6) is 5.75 Å². The van der Waals surface area contributed by atoms with Gasteiger partial charge in [-0.05, 0) is 36.2 Å². The summed E-state index contributed by atoms with van der Waals surface area (Å²) < 4.78 is 5.44. The summed E-state index contributed by atoms with van der Waals surface area (Å²) in [5, 5.41) is 0. The molecule has 4 heteroatoms. The van der Waals surface area contributed by atoms with Gasteiger partial charge in [-0.2, -0.15) is 0 Å². The zero-order valence-electron chi connectivity index (χ0n) is 14.4. The van der Waals surface area contributed by atoms with Crippen molar-refractivity contribution in [2.45, 2.75) is 13.3 Å². The Kier molecular flexibility index (Phi) is 5.04. The first-order valence-corrected chi connectivity index (χ1v) is 8.49. The number of aryl methyl sites for hydroxylation is 1. The summed E-state index contributed by atoms with van der Waals surface area (Å²) in [6.07, 6.45) is 0.992. The molecule has 2 aromatic carbocycles. The largest absolute Gasteiger partial charge is 0.495 e. The van der Waals surface area contributed by atoms with Gasteiger partial charge in [0.25, 0.3) is 5.91 Å². The third kappa shape index (κ3) is 3.37. The predicted molar refractivity (Wildman–Crippen MR) is 96.9 cm³/mol. The monoisotopic (exact) mass is 324 g/mol. The van der Waals surface area contributed by atoms with Crippen LogP contribution in [0.3, 0.4) is 0 Å². The molecular formula is C20H24N2O2. The van der Waals surface area contributed by atoms with Gasteiger partial charge in [-0.1, -0.05) is 31.2 Å². The van der Waals surface area contributed by atoms with Crippen LogP contribution in [0.4, 0.5) is 5.69 Å². The van der Waals surface area contributed by atoms with Crippen LogP contribution in [0.2, 0.25) is 0 Å². The standard InChI is InChI=1S/C20H24N2O2/c1-3-16-8-10-17(11-9-16)20(23)22-14-12-21(13-15-22)18-6-4-5-7-19(18)24-2/h4-11H,3,12-15H2,1-2H3. The van der Waals surface area contributed by atoms with Crippen LogP contribution in [-0.4, -0.2) is 44.1 Å². The number of benzene rings is 2. The first kappa shape index (κ1) is 16.4. The van der Waals surface area contributed by atoms with E-state index in [0.717, 1.165) is 49.6 Å². The second-order valence-corrected chi connectivity index (χ2v) is 6.00. The van der Waals surface area contributed by atoms with Gasteiger partial charge in [0.15, 0.2) is 0 Å². The van der Waals surface area contributed by atoms with Crippen LogP contribution in [0, 0.1) is 0 Å². The number of carbonyl (C=O) groups is 1. The lowest BCUT2D eigenvalue weighted by atomic mass is 10.1. The maximum absolute atomic E-state index is 12.6. The van der Waals surface area contributed by atoms with Crippen molar-refractivity contribution in [3.8, 4) is 5.75 Å². The Morgan fingerprint density at radius 1 is 1.00 bits per heavy atom. The van der Waals surface area contributed by atoms with Crippen molar-refractivity contribution in [3.63, 3.8) is 0 Å². The maximum Gasteiger partial charge on any atom is 0.253 e. The quantitative estimate of drug-likeness (QED) is 0.866. The lowest BCUT2D eigenvalue weighted by molar-refractivity contribution is 0.0746. The summed E-state index contributed by atoms with van der Waals surface area (Å²) in [4.78, 5) is 16.9. The van der Waals surface area contributed by atoms with E-state index in [4.69, 9.17) is 4.74 Å². The molecule has 0 radical (unpaired) electrons. The zero-order chi connectivity index (χ0) is 16.9. The molecule has 0 atom stereocenters. The molecule has 1 amide bonds. The summed E-state index contributed by atoms with van der Waals surface area (Å²) >= 11 is 0.